The minimum atomic E-state index is 0.471. The molecule has 0 aromatic heterocycles. The third kappa shape index (κ3) is 2.51. The molecule has 3 N–H and O–H groups in total. The normalized spacial score (nSPS) is 9.83. The van der Waals surface area contributed by atoms with Crippen molar-refractivity contribution in [1.29, 1.82) is 5.26 Å². The molecule has 5 heteroatoms. The molecule has 0 atom stereocenters. The van der Waals surface area contributed by atoms with E-state index in [0.29, 0.717) is 32.7 Å². The van der Waals surface area contributed by atoms with Crippen molar-refractivity contribution in [3.63, 3.8) is 0 Å². The summed E-state index contributed by atoms with van der Waals surface area (Å²) in [6.45, 7) is 0. The molecule has 0 radical (unpaired) electrons. The summed E-state index contributed by atoms with van der Waals surface area (Å²) in [6, 6.07) is 12.2. The fraction of sp³-hybridized carbons (Fsp3) is 0. The lowest BCUT2D eigenvalue weighted by Crippen LogP contribution is -1.98. The van der Waals surface area contributed by atoms with E-state index in [9.17, 15) is 0 Å². The molecule has 0 unspecified atom stereocenters. The van der Waals surface area contributed by atoms with E-state index in [1.807, 2.05) is 0 Å². The molecule has 2 aromatic carbocycles. The van der Waals surface area contributed by atoms with Gasteiger partial charge in [-0.15, -0.1) is 0 Å². The second kappa shape index (κ2) is 5.18. The van der Waals surface area contributed by atoms with Gasteiger partial charge in [0.2, 0.25) is 0 Å². The fourth-order valence-electron chi connectivity index (χ4n) is 1.52. The van der Waals surface area contributed by atoms with Crippen LogP contribution in [0.25, 0.3) is 0 Å². The number of anilines is 3. The Hall–Kier alpha value is -1.89. The molecule has 0 fully saturated rings. The Labute approximate surface area is 115 Å². The van der Waals surface area contributed by atoms with Crippen LogP contribution in [0.5, 0.6) is 0 Å². The van der Waals surface area contributed by atoms with Crippen molar-refractivity contribution in [3.05, 3.63) is 52.0 Å². The largest absolute Gasteiger partial charge is 0.397 e. The number of halogens is 2. The number of rotatable bonds is 2. The van der Waals surface area contributed by atoms with Crippen molar-refractivity contribution in [1.82, 2.24) is 0 Å². The number of nitrogens with two attached hydrogens (primary N) is 1. The Bertz CT molecular complexity index is 612. The van der Waals surface area contributed by atoms with Crippen LogP contribution in [-0.4, -0.2) is 0 Å². The van der Waals surface area contributed by atoms with E-state index in [0.717, 1.165) is 0 Å². The van der Waals surface area contributed by atoms with Gasteiger partial charge in [0.1, 0.15) is 6.07 Å². The third-order valence-corrected chi connectivity index (χ3v) is 2.96. The monoisotopic (exact) mass is 277 g/mol. The van der Waals surface area contributed by atoms with Gasteiger partial charge in [0, 0.05) is 5.02 Å². The van der Waals surface area contributed by atoms with Crippen LogP contribution < -0.4 is 11.1 Å². The molecule has 0 bridgehead atoms. The van der Waals surface area contributed by atoms with Gasteiger partial charge < -0.3 is 11.1 Å². The van der Waals surface area contributed by atoms with Crippen LogP contribution in [-0.2, 0) is 0 Å². The fourth-order valence-corrected chi connectivity index (χ4v) is 1.93. The van der Waals surface area contributed by atoms with Crippen molar-refractivity contribution < 1.29 is 0 Å². The Morgan fingerprint density at radius 3 is 2.61 bits per heavy atom. The highest BCUT2D eigenvalue weighted by Gasteiger charge is 2.08. The van der Waals surface area contributed by atoms with Crippen LogP contribution in [0, 0.1) is 11.3 Å². The van der Waals surface area contributed by atoms with Crippen LogP contribution in [0.15, 0.2) is 36.4 Å². The lowest BCUT2D eigenvalue weighted by Gasteiger charge is -2.12. The highest BCUT2D eigenvalue weighted by Crippen LogP contribution is 2.32. The molecular weight excluding hydrogens is 269 g/mol. The van der Waals surface area contributed by atoms with Crippen molar-refractivity contribution in [2.24, 2.45) is 0 Å². The Balaban J connectivity index is 2.46. The van der Waals surface area contributed by atoms with Gasteiger partial charge in [-0.25, -0.2) is 0 Å². The third-order valence-electron chi connectivity index (χ3n) is 2.41. The van der Waals surface area contributed by atoms with Crippen molar-refractivity contribution in [3.8, 4) is 6.07 Å². The highest BCUT2D eigenvalue weighted by atomic mass is 35.5. The van der Waals surface area contributed by atoms with Crippen molar-refractivity contribution in [2.45, 2.75) is 0 Å². The topological polar surface area (TPSA) is 61.8 Å². The van der Waals surface area contributed by atoms with E-state index in [1.165, 1.54) is 0 Å². The van der Waals surface area contributed by atoms with Gasteiger partial charge in [0.05, 0.1) is 27.6 Å². The second-order valence-electron chi connectivity index (χ2n) is 3.63. The molecule has 0 aliphatic rings. The minimum absolute atomic E-state index is 0.471. The van der Waals surface area contributed by atoms with E-state index < -0.39 is 0 Å². The lowest BCUT2D eigenvalue weighted by molar-refractivity contribution is 1.46. The van der Waals surface area contributed by atoms with Gasteiger partial charge in [-0.2, -0.15) is 5.26 Å². The summed E-state index contributed by atoms with van der Waals surface area (Å²) >= 11 is 12.0. The predicted octanol–water partition coefficient (Wildman–Crippen LogP) is 4.19. The van der Waals surface area contributed by atoms with Crippen LogP contribution in [0.4, 0.5) is 17.1 Å². The molecule has 18 heavy (non-hydrogen) atoms. The summed E-state index contributed by atoms with van der Waals surface area (Å²) < 4.78 is 0. The molecule has 90 valence electrons. The van der Waals surface area contributed by atoms with E-state index in [1.54, 1.807) is 36.4 Å². The molecule has 0 heterocycles. The first-order chi connectivity index (χ1) is 8.61. The first-order valence-electron chi connectivity index (χ1n) is 5.12. The SMILES string of the molecule is N#Cc1ccc(Cl)cc1Nc1c(N)cccc1Cl. The number of nitrogen functional groups attached to an aromatic ring is 1. The zero-order valence-corrected chi connectivity index (χ0v) is 10.8. The first kappa shape index (κ1) is 12.6. The summed E-state index contributed by atoms with van der Waals surface area (Å²) in [5, 5.41) is 13.1. The molecule has 2 rings (SSSR count). The molecule has 0 aliphatic heterocycles. The molecule has 2 aromatic rings. The first-order valence-corrected chi connectivity index (χ1v) is 5.88. The minimum Gasteiger partial charge on any atom is -0.397 e. The van der Waals surface area contributed by atoms with Gasteiger partial charge in [-0.3, -0.25) is 0 Å². The number of nitriles is 1. The molecule has 0 spiro atoms. The summed E-state index contributed by atoms with van der Waals surface area (Å²) in [5.74, 6) is 0. The van der Waals surface area contributed by atoms with Gasteiger partial charge in [-0.05, 0) is 30.3 Å². The molecule has 0 saturated heterocycles. The van der Waals surface area contributed by atoms with Gasteiger partial charge in [-0.1, -0.05) is 29.3 Å². The second-order valence-corrected chi connectivity index (χ2v) is 4.47. The Kier molecular flexibility index (Phi) is 3.61. The van der Waals surface area contributed by atoms with Crippen LogP contribution >= 0.6 is 23.2 Å². The van der Waals surface area contributed by atoms with Gasteiger partial charge in [0.15, 0.2) is 0 Å². The van der Waals surface area contributed by atoms with E-state index in [-0.39, 0.29) is 0 Å². The molecule has 0 aliphatic carbocycles. The predicted molar refractivity (Wildman–Crippen MR) is 75.3 cm³/mol. The van der Waals surface area contributed by atoms with Crippen LogP contribution in [0.2, 0.25) is 10.0 Å². The Morgan fingerprint density at radius 1 is 1.17 bits per heavy atom. The zero-order valence-electron chi connectivity index (χ0n) is 9.24. The average molecular weight is 278 g/mol. The number of nitrogens with one attached hydrogen (secondary N) is 1. The quantitative estimate of drug-likeness (QED) is 0.809. The maximum atomic E-state index is 9.03. The van der Waals surface area contributed by atoms with Gasteiger partial charge >= 0.3 is 0 Å². The smallest absolute Gasteiger partial charge is 0.101 e. The van der Waals surface area contributed by atoms with Crippen molar-refractivity contribution in [2.75, 3.05) is 11.1 Å². The average Bonchev–Trinajstić information content (AvgIpc) is 2.34. The number of para-hydroxylation sites is 1. The zero-order chi connectivity index (χ0) is 13.1. The van der Waals surface area contributed by atoms with Gasteiger partial charge in [0.25, 0.3) is 0 Å². The molecule has 0 saturated carbocycles. The Morgan fingerprint density at radius 2 is 1.94 bits per heavy atom. The lowest BCUT2D eigenvalue weighted by atomic mass is 10.2. The van der Waals surface area contributed by atoms with Crippen LogP contribution in [0.1, 0.15) is 5.56 Å². The number of hydrogen-bond acceptors (Lipinski definition) is 3. The van der Waals surface area contributed by atoms with E-state index in [4.69, 9.17) is 34.2 Å². The number of hydrogen-bond donors (Lipinski definition) is 2. The van der Waals surface area contributed by atoms with E-state index >= 15 is 0 Å². The standard InChI is InChI=1S/C13H9Cl2N3/c14-9-5-4-8(7-16)12(6-9)18-13-10(15)2-1-3-11(13)17/h1-6,18H,17H2. The number of nitrogens with zero attached hydrogens (tertiary/aromatic N) is 1. The number of benzene rings is 2. The molecule has 0 amide bonds. The summed E-state index contributed by atoms with van der Waals surface area (Å²) in [5.41, 5.74) is 7.95. The summed E-state index contributed by atoms with van der Waals surface area (Å²) in [6.07, 6.45) is 0. The molecule has 3 nitrogen and oxygen atoms in total. The highest BCUT2D eigenvalue weighted by molar-refractivity contribution is 6.34. The maximum absolute atomic E-state index is 9.03. The maximum Gasteiger partial charge on any atom is 0.101 e. The van der Waals surface area contributed by atoms with Crippen molar-refractivity contribution >= 4 is 40.3 Å². The molecular formula is C13H9Cl2N3. The summed E-state index contributed by atoms with van der Waals surface area (Å²) in [7, 11) is 0. The summed E-state index contributed by atoms with van der Waals surface area (Å²) in [4.78, 5) is 0. The van der Waals surface area contributed by atoms with E-state index in [2.05, 4.69) is 11.4 Å². The van der Waals surface area contributed by atoms with Crippen LogP contribution in [0.3, 0.4) is 0 Å².